The lowest BCUT2D eigenvalue weighted by Crippen LogP contribution is -2.12. The highest BCUT2D eigenvalue weighted by atomic mass is 16.5. The number of esters is 1. The zero-order valence-corrected chi connectivity index (χ0v) is 18.5. The van der Waals surface area contributed by atoms with E-state index in [-0.39, 0.29) is 24.9 Å². The standard InChI is InChI=1S/C25H29N3O3/c1-17(2)15-28-19(4)23(18(3)27-28)14-24(29)31-16-20-10-12-21(13-11-20)25(30)26-22-8-6-5-7-9-22/h5-13,17H,14-16H2,1-4H3,(H,26,30). The van der Waals surface area contributed by atoms with Gasteiger partial charge in [0.1, 0.15) is 6.61 Å². The monoisotopic (exact) mass is 419 g/mol. The summed E-state index contributed by atoms with van der Waals surface area (Å²) in [4.78, 5) is 24.7. The molecule has 0 unspecified atom stereocenters. The van der Waals surface area contributed by atoms with E-state index in [1.165, 1.54) is 0 Å². The zero-order chi connectivity index (χ0) is 22.4. The molecule has 0 radical (unpaired) electrons. The van der Waals surface area contributed by atoms with Gasteiger partial charge in [0.25, 0.3) is 5.91 Å². The second kappa shape index (κ2) is 10.1. The molecule has 0 fully saturated rings. The third-order valence-electron chi connectivity index (χ3n) is 5.04. The highest BCUT2D eigenvalue weighted by Gasteiger charge is 2.16. The maximum absolute atomic E-state index is 12.4. The average molecular weight is 420 g/mol. The van der Waals surface area contributed by atoms with Crippen molar-refractivity contribution in [2.45, 2.75) is 47.3 Å². The average Bonchev–Trinajstić information content (AvgIpc) is 3.00. The highest BCUT2D eigenvalue weighted by molar-refractivity contribution is 6.04. The van der Waals surface area contributed by atoms with Gasteiger partial charge in [-0.05, 0) is 49.6 Å². The molecule has 162 valence electrons. The van der Waals surface area contributed by atoms with Gasteiger partial charge in [-0.3, -0.25) is 14.3 Å². The Kier molecular flexibility index (Phi) is 7.23. The first-order chi connectivity index (χ1) is 14.8. The van der Waals surface area contributed by atoms with Crippen LogP contribution in [0, 0.1) is 19.8 Å². The SMILES string of the molecule is Cc1nn(CC(C)C)c(C)c1CC(=O)OCc1ccc(C(=O)Nc2ccccc2)cc1. The minimum Gasteiger partial charge on any atom is -0.461 e. The van der Waals surface area contributed by atoms with Gasteiger partial charge in [-0.1, -0.05) is 44.2 Å². The first-order valence-electron chi connectivity index (χ1n) is 10.5. The number of carbonyl (C=O) groups excluding carboxylic acids is 2. The first-order valence-corrected chi connectivity index (χ1v) is 10.5. The molecule has 0 spiro atoms. The summed E-state index contributed by atoms with van der Waals surface area (Å²) in [6.45, 7) is 9.18. The van der Waals surface area contributed by atoms with Crippen LogP contribution in [0.15, 0.2) is 54.6 Å². The van der Waals surface area contributed by atoms with Crippen molar-refractivity contribution >= 4 is 17.6 Å². The van der Waals surface area contributed by atoms with Gasteiger partial charge in [0.2, 0.25) is 0 Å². The van der Waals surface area contributed by atoms with Crippen LogP contribution in [0.25, 0.3) is 0 Å². The fourth-order valence-corrected chi connectivity index (χ4v) is 3.35. The molecular weight excluding hydrogens is 390 g/mol. The molecule has 0 aliphatic carbocycles. The quantitative estimate of drug-likeness (QED) is 0.538. The fraction of sp³-hybridized carbons (Fsp3) is 0.320. The summed E-state index contributed by atoms with van der Waals surface area (Å²) in [5.41, 5.74) is 4.92. The largest absolute Gasteiger partial charge is 0.461 e. The van der Waals surface area contributed by atoms with Gasteiger partial charge in [-0.15, -0.1) is 0 Å². The molecule has 3 rings (SSSR count). The van der Waals surface area contributed by atoms with E-state index in [2.05, 4.69) is 24.3 Å². The Morgan fingerprint density at radius 3 is 2.35 bits per heavy atom. The van der Waals surface area contributed by atoms with Gasteiger partial charge >= 0.3 is 5.97 Å². The molecule has 3 aromatic rings. The summed E-state index contributed by atoms with van der Waals surface area (Å²) < 4.78 is 7.41. The van der Waals surface area contributed by atoms with E-state index in [1.54, 1.807) is 24.3 Å². The van der Waals surface area contributed by atoms with Gasteiger partial charge in [0.05, 0.1) is 12.1 Å². The summed E-state index contributed by atoms with van der Waals surface area (Å²) >= 11 is 0. The normalized spacial score (nSPS) is 10.9. The van der Waals surface area contributed by atoms with Gasteiger partial charge < -0.3 is 10.1 Å². The van der Waals surface area contributed by atoms with Crippen molar-refractivity contribution in [3.8, 4) is 0 Å². The number of aryl methyl sites for hydroxylation is 1. The number of nitrogens with one attached hydrogen (secondary N) is 1. The predicted octanol–water partition coefficient (Wildman–Crippen LogP) is 4.69. The molecule has 1 aromatic heterocycles. The lowest BCUT2D eigenvalue weighted by molar-refractivity contribution is -0.144. The van der Waals surface area contributed by atoms with Gasteiger partial charge in [0.15, 0.2) is 0 Å². The summed E-state index contributed by atoms with van der Waals surface area (Å²) in [6.07, 6.45) is 0.202. The van der Waals surface area contributed by atoms with Crippen LogP contribution in [0.3, 0.4) is 0 Å². The van der Waals surface area contributed by atoms with Crippen LogP contribution in [0.2, 0.25) is 0 Å². The molecule has 6 nitrogen and oxygen atoms in total. The second-order valence-corrected chi connectivity index (χ2v) is 8.08. The van der Waals surface area contributed by atoms with Crippen LogP contribution >= 0.6 is 0 Å². The molecule has 0 atom stereocenters. The van der Waals surface area contributed by atoms with Crippen LogP contribution in [-0.2, 0) is 29.1 Å². The van der Waals surface area contributed by atoms with E-state index in [0.717, 1.165) is 34.7 Å². The molecule has 6 heteroatoms. The number of amides is 1. The topological polar surface area (TPSA) is 73.2 Å². The molecule has 0 saturated heterocycles. The number of hydrogen-bond acceptors (Lipinski definition) is 4. The molecule has 0 aliphatic rings. The maximum atomic E-state index is 12.4. The Bertz CT molecular complexity index is 1040. The number of carbonyl (C=O) groups is 2. The minimum atomic E-state index is -0.291. The minimum absolute atomic E-state index is 0.164. The number of benzene rings is 2. The van der Waals surface area contributed by atoms with Crippen molar-refractivity contribution in [3.63, 3.8) is 0 Å². The van der Waals surface area contributed by atoms with Crippen molar-refractivity contribution in [1.82, 2.24) is 9.78 Å². The molecule has 0 aliphatic heterocycles. The molecule has 0 bridgehead atoms. The van der Waals surface area contributed by atoms with Crippen LogP contribution in [0.4, 0.5) is 5.69 Å². The highest BCUT2D eigenvalue weighted by Crippen LogP contribution is 2.16. The third-order valence-corrected chi connectivity index (χ3v) is 5.04. The number of ether oxygens (including phenoxy) is 1. The smallest absolute Gasteiger partial charge is 0.310 e. The summed E-state index contributed by atoms with van der Waals surface area (Å²) in [5.74, 6) is 0.0100. The molecule has 0 saturated carbocycles. The fourth-order valence-electron chi connectivity index (χ4n) is 3.35. The van der Waals surface area contributed by atoms with Crippen LogP contribution < -0.4 is 5.32 Å². The summed E-state index contributed by atoms with van der Waals surface area (Å²) in [7, 11) is 0. The molecule has 1 amide bonds. The van der Waals surface area contributed by atoms with Crippen molar-refractivity contribution < 1.29 is 14.3 Å². The Balaban J connectivity index is 1.54. The Morgan fingerprint density at radius 2 is 1.71 bits per heavy atom. The number of rotatable bonds is 8. The van der Waals surface area contributed by atoms with E-state index < -0.39 is 0 Å². The molecule has 1 N–H and O–H groups in total. The molecule has 1 heterocycles. The van der Waals surface area contributed by atoms with Crippen molar-refractivity contribution in [3.05, 3.63) is 82.7 Å². The van der Waals surface area contributed by atoms with Crippen molar-refractivity contribution in [2.75, 3.05) is 5.32 Å². The second-order valence-electron chi connectivity index (χ2n) is 8.08. The Hall–Kier alpha value is -3.41. The number of nitrogens with zero attached hydrogens (tertiary/aromatic N) is 2. The molecule has 31 heavy (non-hydrogen) atoms. The maximum Gasteiger partial charge on any atom is 0.310 e. The van der Waals surface area contributed by atoms with E-state index >= 15 is 0 Å². The summed E-state index contributed by atoms with van der Waals surface area (Å²) in [6, 6.07) is 16.3. The lowest BCUT2D eigenvalue weighted by Gasteiger charge is -2.09. The third kappa shape index (κ3) is 6.04. The van der Waals surface area contributed by atoms with Crippen molar-refractivity contribution in [2.24, 2.45) is 5.92 Å². The Morgan fingerprint density at radius 1 is 1.03 bits per heavy atom. The van der Waals surface area contributed by atoms with E-state index in [1.807, 2.05) is 48.9 Å². The zero-order valence-electron chi connectivity index (χ0n) is 18.5. The number of aromatic nitrogens is 2. The predicted molar refractivity (Wildman–Crippen MR) is 121 cm³/mol. The van der Waals surface area contributed by atoms with E-state index in [4.69, 9.17) is 4.74 Å². The van der Waals surface area contributed by atoms with E-state index in [0.29, 0.717) is 11.5 Å². The number of hydrogen-bond donors (Lipinski definition) is 1. The van der Waals surface area contributed by atoms with Crippen LogP contribution in [0.1, 0.15) is 46.7 Å². The number of para-hydroxylation sites is 1. The van der Waals surface area contributed by atoms with Crippen LogP contribution in [-0.4, -0.2) is 21.7 Å². The molecular formula is C25H29N3O3. The first kappa shape index (κ1) is 22.3. The van der Waals surface area contributed by atoms with E-state index in [9.17, 15) is 9.59 Å². The van der Waals surface area contributed by atoms with Gasteiger partial charge in [-0.2, -0.15) is 5.10 Å². The van der Waals surface area contributed by atoms with Crippen LogP contribution in [0.5, 0.6) is 0 Å². The molecule has 2 aromatic carbocycles. The van der Waals surface area contributed by atoms with Gasteiger partial charge in [0, 0.05) is 29.1 Å². The number of anilines is 1. The van der Waals surface area contributed by atoms with Crippen molar-refractivity contribution in [1.29, 1.82) is 0 Å². The van der Waals surface area contributed by atoms with Gasteiger partial charge in [-0.25, -0.2) is 0 Å². The Labute approximate surface area is 183 Å². The summed E-state index contributed by atoms with van der Waals surface area (Å²) in [5, 5.41) is 7.40. The lowest BCUT2D eigenvalue weighted by atomic mass is 10.1.